The molecule has 0 bridgehead atoms. The minimum absolute atomic E-state index is 0.100. The highest BCUT2D eigenvalue weighted by molar-refractivity contribution is 5.95. The Kier molecular flexibility index (Phi) is 3.69. The highest BCUT2D eigenvalue weighted by Crippen LogP contribution is 2.15. The zero-order valence-electron chi connectivity index (χ0n) is 10.7. The van der Waals surface area contributed by atoms with Gasteiger partial charge < -0.3 is 5.32 Å². The predicted molar refractivity (Wildman–Crippen MR) is 66.2 cm³/mol. The molecule has 0 atom stereocenters. The van der Waals surface area contributed by atoms with Gasteiger partial charge in [0.25, 0.3) is 5.91 Å². The van der Waals surface area contributed by atoms with E-state index in [-0.39, 0.29) is 17.7 Å². The number of hydrogen-bond acceptors (Lipinski definition) is 4. The van der Waals surface area contributed by atoms with Crippen LogP contribution in [0.3, 0.4) is 0 Å². The minimum Gasteiger partial charge on any atom is -0.349 e. The van der Waals surface area contributed by atoms with Crippen LogP contribution in [-0.2, 0) is 4.79 Å². The van der Waals surface area contributed by atoms with E-state index in [1.54, 1.807) is 13.0 Å². The molecule has 5 nitrogen and oxygen atoms in total. The summed E-state index contributed by atoms with van der Waals surface area (Å²) in [5.74, 6) is 0.169. The second kappa shape index (κ2) is 5.25. The lowest BCUT2D eigenvalue weighted by Crippen LogP contribution is -2.38. The Balaban J connectivity index is 2.03. The molecule has 0 radical (unpaired) electrons. The average Bonchev–Trinajstić information content (AvgIpc) is 2.35. The molecule has 1 aliphatic rings. The number of nitrogens with one attached hydrogen (secondary N) is 1. The van der Waals surface area contributed by atoms with E-state index in [2.05, 4.69) is 15.5 Å². The van der Waals surface area contributed by atoms with Crippen LogP contribution in [0.25, 0.3) is 0 Å². The Morgan fingerprint density at radius 2 is 1.94 bits per heavy atom. The van der Waals surface area contributed by atoms with Crippen molar-refractivity contribution in [1.29, 1.82) is 0 Å². The Hall–Kier alpha value is -1.78. The van der Waals surface area contributed by atoms with Crippen molar-refractivity contribution in [3.8, 4) is 0 Å². The van der Waals surface area contributed by atoms with E-state index in [9.17, 15) is 9.59 Å². The van der Waals surface area contributed by atoms with Gasteiger partial charge in [-0.15, -0.1) is 0 Å². The average molecular weight is 247 g/mol. The summed E-state index contributed by atoms with van der Waals surface area (Å²) in [5.41, 5.74) is 1.92. The van der Waals surface area contributed by atoms with Crippen molar-refractivity contribution in [2.75, 3.05) is 0 Å². The molecule has 96 valence electrons. The first-order valence-electron chi connectivity index (χ1n) is 6.20. The molecule has 1 N–H and O–H groups in total. The number of aromatic nitrogens is 2. The summed E-state index contributed by atoms with van der Waals surface area (Å²) in [6, 6.07) is 1.84. The number of Topliss-reactive ketones (excluding diaryl/α,β-unsaturated/α-hetero) is 1. The number of amides is 1. The summed E-state index contributed by atoms with van der Waals surface area (Å²) in [5, 5.41) is 10.8. The fraction of sp³-hybridized carbons (Fsp3) is 0.538. The van der Waals surface area contributed by atoms with Crippen LogP contribution in [0.2, 0.25) is 0 Å². The molecule has 1 aromatic rings. The van der Waals surface area contributed by atoms with E-state index < -0.39 is 0 Å². The first-order chi connectivity index (χ1) is 8.56. The fourth-order valence-electron chi connectivity index (χ4n) is 2.13. The number of ketones is 1. The highest BCUT2D eigenvalue weighted by Gasteiger charge is 2.21. The largest absolute Gasteiger partial charge is 0.349 e. The van der Waals surface area contributed by atoms with Crippen LogP contribution in [0.4, 0.5) is 0 Å². The molecule has 1 aliphatic carbocycles. The standard InChI is InChI=1S/C13H17N3O2/c1-8-7-12(9(2)16-15-8)13(18)14-10-3-5-11(17)6-4-10/h7,10H,3-6H2,1-2H3,(H,14,18). The number of nitrogens with zero attached hydrogens (tertiary/aromatic N) is 2. The van der Waals surface area contributed by atoms with Crippen LogP contribution < -0.4 is 5.32 Å². The lowest BCUT2D eigenvalue weighted by molar-refractivity contribution is -0.120. The molecule has 0 saturated heterocycles. The molecule has 0 aromatic carbocycles. The number of aryl methyl sites for hydroxylation is 2. The molecule has 1 amide bonds. The van der Waals surface area contributed by atoms with Crippen molar-refractivity contribution in [1.82, 2.24) is 15.5 Å². The van der Waals surface area contributed by atoms with E-state index >= 15 is 0 Å². The van der Waals surface area contributed by atoms with E-state index in [1.807, 2.05) is 6.92 Å². The summed E-state index contributed by atoms with van der Waals surface area (Å²) in [6.07, 6.45) is 2.61. The number of hydrogen-bond donors (Lipinski definition) is 1. The van der Waals surface area contributed by atoms with Gasteiger partial charge >= 0.3 is 0 Å². The maximum Gasteiger partial charge on any atom is 0.253 e. The fourth-order valence-corrected chi connectivity index (χ4v) is 2.13. The maximum atomic E-state index is 12.1. The Morgan fingerprint density at radius 1 is 1.28 bits per heavy atom. The quantitative estimate of drug-likeness (QED) is 0.856. The van der Waals surface area contributed by atoms with Crippen molar-refractivity contribution < 1.29 is 9.59 Å². The van der Waals surface area contributed by atoms with Gasteiger partial charge in [0.15, 0.2) is 0 Å². The summed E-state index contributed by atoms with van der Waals surface area (Å²) >= 11 is 0. The van der Waals surface area contributed by atoms with Crippen molar-refractivity contribution in [2.24, 2.45) is 0 Å². The summed E-state index contributed by atoms with van der Waals surface area (Å²) in [6.45, 7) is 3.58. The third-order valence-corrected chi connectivity index (χ3v) is 3.22. The van der Waals surface area contributed by atoms with Crippen molar-refractivity contribution in [3.63, 3.8) is 0 Å². The van der Waals surface area contributed by atoms with Gasteiger partial charge in [-0.2, -0.15) is 10.2 Å². The van der Waals surface area contributed by atoms with E-state index in [0.717, 1.165) is 18.5 Å². The van der Waals surface area contributed by atoms with Crippen molar-refractivity contribution >= 4 is 11.7 Å². The number of rotatable bonds is 2. The number of carbonyl (C=O) groups is 2. The zero-order chi connectivity index (χ0) is 13.1. The predicted octanol–water partition coefficient (Wildman–Crippen LogP) is 1.33. The second-order valence-electron chi connectivity index (χ2n) is 4.77. The topological polar surface area (TPSA) is 72.0 Å². The monoisotopic (exact) mass is 247 g/mol. The van der Waals surface area contributed by atoms with Gasteiger partial charge in [0.1, 0.15) is 5.78 Å². The molecule has 1 saturated carbocycles. The Labute approximate surface area is 106 Å². The lowest BCUT2D eigenvalue weighted by Gasteiger charge is -2.22. The molecular formula is C13H17N3O2. The van der Waals surface area contributed by atoms with Gasteiger partial charge in [-0.1, -0.05) is 0 Å². The smallest absolute Gasteiger partial charge is 0.253 e. The minimum atomic E-state index is -0.121. The van der Waals surface area contributed by atoms with Crippen LogP contribution >= 0.6 is 0 Å². The molecule has 2 rings (SSSR count). The zero-order valence-corrected chi connectivity index (χ0v) is 10.7. The third kappa shape index (κ3) is 2.91. The Morgan fingerprint density at radius 3 is 2.61 bits per heavy atom. The third-order valence-electron chi connectivity index (χ3n) is 3.22. The summed E-state index contributed by atoms with van der Waals surface area (Å²) < 4.78 is 0. The molecule has 1 heterocycles. The molecule has 0 unspecified atom stereocenters. The van der Waals surface area contributed by atoms with Gasteiger partial charge in [0.05, 0.1) is 17.0 Å². The van der Waals surface area contributed by atoms with Gasteiger partial charge in [-0.25, -0.2) is 0 Å². The van der Waals surface area contributed by atoms with Crippen LogP contribution in [0.1, 0.15) is 47.4 Å². The van der Waals surface area contributed by atoms with E-state index in [4.69, 9.17) is 0 Å². The molecule has 5 heteroatoms. The summed E-state index contributed by atoms with van der Waals surface area (Å²) in [4.78, 5) is 23.2. The molecular weight excluding hydrogens is 230 g/mol. The van der Waals surface area contributed by atoms with Crippen LogP contribution in [0.5, 0.6) is 0 Å². The van der Waals surface area contributed by atoms with E-state index in [1.165, 1.54) is 0 Å². The van der Waals surface area contributed by atoms with Crippen LogP contribution in [0.15, 0.2) is 6.07 Å². The first kappa shape index (κ1) is 12.7. The normalized spacial score (nSPS) is 16.7. The van der Waals surface area contributed by atoms with Crippen LogP contribution in [0, 0.1) is 13.8 Å². The molecule has 0 spiro atoms. The van der Waals surface area contributed by atoms with Crippen molar-refractivity contribution in [2.45, 2.75) is 45.6 Å². The van der Waals surface area contributed by atoms with Crippen molar-refractivity contribution in [3.05, 3.63) is 23.0 Å². The second-order valence-corrected chi connectivity index (χ2v) is 4.77. The molecule has 1 fully saturated rings. The van der Waals surface area contributed by atoms with E-state index in [0.29, 0.717) is 24.1 Å². The highest BCUT2D eigenvalue weighted by atomic mass is 16.1. The number of carbonyl (C=O) groups excluding carboxylic acids is 2. The van der Waals surface area contributed by atoms with Gasteiger partial charge in [0, 0.05) is 18.9 Å². The molecule has 18 heavy (non-hydrogen) atoms. The van der Waals surface area contributed by atoms with Gasteiger partial charge in [-0.3, -0.25) is 9.59 Å². The lowest BCUT2D eigenvalue weighted by atomic mass is 9.94. The summed E-state index contributed by atoms with van der Waals surface area (Å²) in [7, 11) is 0. The first-order valence-corrected chi connectivity index (χ1v) is 6.20. The Bertz CT molecular complexity index is 475. The maximum absolute atomic E-state index is 12.1. The SMILES string of the molecule is Cc1cc(C(=O)NC2CCC(=O)CC2)c(C)nn1. The van der Waals surface area contributed by atoms with Crippen LogP contribution in [-0.4, -0.2) is 27.9 Å². The van der Waals surface area contributed by atoms with Gasteiger partial charge in [-0.05, 0) is 32.8 Å². The molecule has 1 aromatic heterocycles. The molecule has 0 aliphatic heterocycles. The van der Waals surface area contributed by atoms with Gasteiger partial charge in [0.2, 0.25) is 0 Å².